The van der Waals surface area contributed by atoms with E-state index in [0.29, 0.717) is 5.69 Å². The molecule has 1 amide bonds. The van der Waals surface area contributed by atoms with E-state index in [2.05, 4.69) is 31.5 Å². The summed E-state index contributed by atoms with van der Waals surface area (Å²) in [5.41, 5.74) is 2.43. The molecule has 1 saturated carbocycles. The van der Waals surface area contributed by atoms with Crippen LogP contribution < -0.4 is 10.2 Å². The highest BCUT2D eigenvalue weighted by Crippen LogP contribution is 2.38. The van der Waals surface area contributed by atoms with Crippen LogP contribution in [0.25, 0.3) is 0 Å². The van der Waals surface area contributed by atoms with Crippen molar-refractivity contribution in [1.82, 2.24) is 24.4 Å². The number of amides is 1. The number of rotatable bonds is 7. The van der Waals surface area contributed by atoms with Gasteiger partial charge in [0.15, 0.2) is 0 Å². The Bertz CT molecular complexity index is 826. The Balaban J connectivity index is 1.38. The lowest BCUT2D eigenvalue weighted by molar-refractivity contribution is 0.0926. The zero-order chi connectivity index (χ0) is 19.6. The monoisotopic (exact) mass is 400 g/mol. The van der Waals surface area contributed by atoms with E-state index >= 15 is 0 Å². The van der Waals surface area contributed by atoms with Crippen LogP contribution in [-0.4, -0.2) is 62.4 Å². The Morgan fingerprint density at radius 1 is 1.25 bits per heavy atom. The van der Waals surface area contributed by atoms with Gasteiger partial charge in [0.05, 0.1) is 5.69 Å². The third-order valence-corrected chi connectivity index (χ3v) is 6.40. The van der Waals surface area contributed by atoms with E-state index in [-0.39, 0.29) is 11.4 Å². The number of hydrogen-bond acceptors (Lipinski definition) is 6. The SMILES string of the molecule is CCSN1CCN(c2ccnc(C(=O)NC3(Cc4ccn(C)n4)CC3)c2)CC1. The summed E-state index contributed by atoms with van der Waals surface area (Å²) in [6.07, 6.45) is 6.45. The van der Waals surface area contributed by atoms with Gasteiger partial charge in [-0.25, -0.2) is 4.31 Å². The van der Waals surface area contributed by atoms with Crippen molar-refractivity contribution in [3.05, 3.63) is 42.0 Å². The lowest BCUT2D eigenvalue weighted by Gasteiger charge is -2.35. The second kappa shape index (κ2) is 8.13. The van der Waals surface area contributed by atoms with Gasteiger partial charge >= 0.3 is 0 Å². The van der Waals surface area contributed by atoms with E-state index in [4.69, 9.17) is 0 Å². The summed E-state index contributed by atoms with van der Waals surface area (Å²) in [5.74, 6) is 1.02. The summed E-state index contributed by atoms with van der Waals surface area (Å²) >= 11 is 1.90. The van der Waals surface area contributed by atoms with Crippen LogP contribution in [0.15, 0.2) is 30.6 Å². The van der Waals surface area contributed by atoms with Gasteiger partial charge in [-0.05, 0) is 31.0 Å². The van der Waals surface area contributed by atoms with Gasteiger partial charge < -0.3 is 10.2 Å². The highest BCUT2D eigenvalue weighted by atomic mass is 32.2. The molecule has 0 spiro atoms. The van der Waals surface area contributed by atoms with Gasteiger partial charge in [-0.1, -0.05) is 18.9 Å². The van der Waals surface area contributed by atoms with Gasteiger partial charge in [0.25, 0.3) is 5.91 Å². The van der Waals surface area contributed by atoms with Crippen molar-refractivity contribution in [2.24, 2.45) is 7.05 Å². The smallest absolute Gasteiger partial charge is 0.270 e. The van der Waals surface area contributed by atoms with E-state index in [1.165, 1.54) is 0 Å². The quantitative estimate of drug-likeness (QED) is 0.718. The van der Waals surface area contributed by atoms with Crippen LogP contribution in [0, 0.1) is 0 Å². The summed E-state index contributed by atoms with van der Waals surface area (Å²) in [6, 6.07) is 5.94. The van der Waals surface area contributed by atoms with Crippen molar-refractivity contribution in [3.8, 4) is 0 Å². The lowest BCUT2D eigenvalue weighted by atomic mass is 10.1. The minimum Gasteiger partial charge on any atom is -0.369 e. The van der Waals surface area contributed by atoms with Crippen molar-refractivity contribution in [2.75, 3.05) is 36.8 Å². The molecule has 1 aliphatic heterocycles. The first kappa shape index (κ1) is 19.3. The topological polar surface area (TPSA) is 66.3 Å². The van der Waals surface area contributed by atoms with Crippen LogP contribution in [0.2, 0.25) is 0 Å². The molecule has 150 valence electrons. The highest BCUT2D eigenvalue weighted by molar-refractivity contribution is 7.96. The van der Waals surface area contributed by atoms with E-state index in [1.54, 1.807) is 10.9 Å². The summed E-state index contributed by atoms with van der Waals surface area (Å²) in [5, 5.41) is 7.66. The Kier molecular flexibility index (Phi) is 5.59. The molecule has 1 N–H and O–H groups in total. The fourth-order valence-corrected chi connectivity index (χ4v) is 4.49. The largest absolute Gasteiger partial charge is 0.369 e. The number of pyridine rings is 1. The fourth-order valence-electron chi connectivity index (χ4n) is 3.70. The number of piperazine rings is 1. The third kappa shape index (κ3) is 4.50. The van der Waals surface area contributed by atoms with Crippen LogP contribution >= 0.6 is 11.9 Å². The Morgan fingerprint density at radius 2 is 2.04 bits per heavy atom. The van der Waals surface area contributed by atoms with Crippen LogP contribution in [0.3, 0.4) is 0 Å². The van der Waals surface area contributed by atoms with Crippen molar-refractivity contribution in [3.63, 3.8) is 0 Å². The number of carbonyl (C=O) groups excluding carboxylic acids is 1. The molecule has 0 atom stereocenters. The Hall–Kier alpha value is -2.06. The van der Waals surface area contributed by atoms with Crippen LogP contribution in [0.4, 0.5) is 5.69 Å². The Labute approximate surface area is 170 Å². The zero-order valence-corrected chi connectivity index (χ0v) is 17.4. The molecule has 3 heterocycles. The highest BCUT2D eigenvalue weighted by Gasteiger charge is 2.44. The first-order chi connectivity index (χ1) is 13.6. The maximum atomic E-state index is 12.8. The third-order valence-electron chi connectivity index (χ3n) is 5.41. The second-order valence-corrected chi connectivity index (χ2v) is 8.98. The zero-order valence-electron chi connectivity index (χ0n) is 16.6. The summed E-state index contributed by atoms with van der Waals surface area (Å²) < 4.78 is 4.22. The molecule has 2 aromatic rings. The minimum absolute atomic E-state index is 0.0875. The molecule has 1 aliphatic carbocycles. The molecule has 8 heteroatoms. The number of hydrogen-bond donors (Lipinski definition) is 1. The average molecular weight is 401 g/mol. The molecule has 0 bridgehead atoms. The molecule has 0 aromatic carbocycles. The van der Waals surface area contributed by atoms with Crippen molar-refractivity contribution in [2.45, 2.75) is 31.7 Å². The molecule has 0 radical (unpaired) electrons. The van der Waals surface area contributed by atoms with Gasteiger partial charge in [-0.2, -0.15) is 5.10 Å². The molecule has 7 nitrogen and oxygen atoms in total. The maximum Gasteiger partial charge on any atom is 0.270 e. The van der Waals surface area contributed by atoms with Gasteiger partial charge in [0, 0.05) is 69.0 Å². The van der Waals surface area contributed by atoms with Crippen LogP contribution in [0.1, 0.15) is 35.9 Å². The van der Waals surface area contributed by atoms with Crippen molar-refractivity contribution < 1.29 is 4.79 Å². The van der Waals surface area contributed by atoms with E-state index in [9.17, 15) is 4.79 Å². The first-order valence-electron chi connectivity index (χ1n) is 9.97. The Morgan fingerprint density at radius 3 is 2.68 bits per heavy atom. The molecular formula is C20H28N6OS. The molecule has 2 aromatic heterocycles. The van der Waals surface area contributed by atoms with Crippen molar-refractivity contribution >= 4 is 23.5 Å². The minimum atomic E-state index is -0.161. The van der Waals surface area contributed by atoms with Crippen LogP contribution in [-0.2, 0) is 13.5 Å². The maximum absolute atomic E-state index is 12.8. The predicted molar refractivity (Wildman–Crippen MR) is 112 cm³/mol. The average Bonchev–Trinajstić information content (AvgIpc) is 3.33. The van der Waals surface area contributed by atoms with E-state index < -0.39 is 0 Å². The summed E-state index contributed by atoms with van der Waals surface area (Å²) in [4.78, 5) is 19.5. The van der Waals surface area contributed by atoms with Gasteiger partial charge in [-0.3, -0.25) is 14.5 Å². The number of nitrogens with one attached hydrogen (secondary N) is 1. The van der Waals surface area contributed by atoms with Crippen LogP contribution in [0.5, 0.6) is 0 Å². The second-order valence-electron chi connectivity index (χ2n) is 7.63. The lowest BCUT2D eigenvalue weighted by Crippen LogP contribution is -2.43. The number of nitrogens with zero attached hydrogens (tertiary/aromatic N) is 5. The van der Waals surface area contributed by atoms with Gasteiger partial charge in [-0.15, -0.1) is 0 Å². The number of anilines is 1. The molecule has 28 heavy (non-hydrogen) atoms. The molecule has 1 saturated heterocycles. The molecule has 4 rings (SSSR count). The van der Waals surface area contributed by atoms with E-state index in [1.807, 2.05) is 43.4 Å². The predicted octanol–water partition coefficient (Wildman–Crippen LogP) is 2.11. The van der Waals surface area contributed by atoms with Gasteiger partial charge in [0.1, 0.15) is 5.69 Å². The molecule has 0 unspecified atom stereocenters. The number of aromatic nitrogens is 3. The molecular weight excluding hydrogens is 372 g/mol. The standard InChI is InChI=1S/C20H28N6OS/c1-3-28-26-12-10-25(11-13-26)17-4-8-21-18(14-17)19(27)22-20(6-7-20)15-16-5-9-24(2)23-16/h4-5,8-9,14H,3,6-7,10-13,15H2,1-2H3,(H,22,27). The first-order valence-corrected chi connectivity index (χ1v) is 10.9. The van der Waals surface area contributed by atoms with E-state index in [0.717, 1.165) is 62.6 Å². The number of carbonyl (C=O) groups is 1. The summed E-state index contributed by atoms with van der Waals surface area (Å²) in [6.45, 7) is 6.21. The molecule has 2 aliphatic rings. The van der Waals surface area contributed by atoms with Crippen molar-refractivity contribution in [1.29, 1.82) is 0 Å². The normalized spacial score (nSPS) is 18.9. The molecule has 2 fully saturated rings. The summed E-state index contributed by atoms with van der Waals surface area (Å²) in [7, 11) is 1.91. The van der Waals surface area contributed by atoms with Gasteiger partial charge in [0.2, 0.25) is 0 Å². The number of aryl methyl sites for hydroxylation is 1. The fraction of sp³-hybridized carbons (Fsp3) is 0.550.